The number of nitrogens with one attached hydrogen (secondary N) is 1. The first-order chi connectivity index (χ1) is 12.7. The first kappa shape index (κ1) is 17.0. The summed E-state index contributed by atoms with van der Waals surface area (Å²) in [6, 6.07) is 3.84. The van der Waals surface area contributed by atoms with Gasteiger partial charge in [0.25, 0.3) is 5.56 Å². The maximum atomic E-state index is 12.3. The quantitative estimate of drug-likeness (QED) is 0.736. The normalized spacial score (nSPS) is 20.3. The molecule has 1 aliphatic rings. The Kier molecular flexibility index (Phi) is 4.89. The zero-order chi connectivity index (χ0) is 17.9. The molecule has 0 aromatic carbocycles. The van der Waals surface area contributed by atoms with Crippen molar-refractivity contribution in [3.63, 3.8) is 0 Å². The van der Waals surface area contributed by atoms with E-state index in [-0.39, 0.29) is 11.6 Å². The van der Waals surface area contributed by atoms with E-state index in [9.17, 15) is 4.79 Å². The molecule has 0 aliphatic heterocycles. The Hall–Kier alpha value is -2.39. The lowest BCUT2D eigenvalue weighted by atomic mass is 9.91. The van der Waals surface area contributed by atoms with Crippen molar-refractivity contribution in [1.29, 1.82) is 0 Å². The largest absolute Gasteiger partial charge is 0.309 e. The summed E-state index contributed by atoms with van der Waals surface area (Å²) in [6.45, 7) is 2.91. The van der Waals surface area contributed by atoms with E-state index in [4.69, 9.17) is 0 Å². The summed E-state index contributed by atoms with van der Waals surface area (Å²) in [7, 11) is 0. The van der Waals surface area contributed by atoms with E-state index >= 15 is 0 Å². The molecule has 3 aromatic heterocycles. The molecule has 3 aromatic rings. The topological polar surface area (TPSA) is 90.5 Å². The van der Waals surface area contributed by atoms with Crippen LogP contribution in [0.4, 0.5) is 0 Å². The van der Waals surface area contributed by atoms with Crippen LogP contribution in [-0.2, 0) is 6.54 Å². The molecule has 0 atom stereocenters. The van der Waals surface area contributed by atoms with Crippen molar-refractivity contribution in [2.45, 2.75) is 51.2 Å². The van der Waals surface area contributed by atoms with Crippen LogP contribution in [0.1, 0.15) is 42.3 Å². The summed E-state index contributed by atoms with van der Waals surface area (Å²) < 4.78 is 3.18. The fourth-order valence-electron chi connectivity index (χ4n) is 3.38. The van der Waals surface area contributed by atoms with E-state index < -0.39 is 0 Å². The number of aryl methyl sites for hydroxylation is 1. The van der Waals surface area contributed by atoms with Crippen LogP contribution in [0, 0.1) is 6.92 Å². The van der Waals surface area contributed by atoms with Crippen molar-refractivity contribution in [3.05, 3.63) is 51.2 Å². The third-order valence-electron chi connectivity index (χ3n) is 4.90. The van der Waals surface area contributed by atoms with Gasteiger partial charge < -0.3 is 5.32 Å². The molecule has 3 heterocycles. The van der Waals surface area contributed by atoms with Crippen LogP contribution in [0.15, 0.2) is 35.1 Å². The van der Waals surface area contributed by atoms with Crippen molar-refractivity contribution in [2.24, 2.45) is 0 Å². The van der Waals surface area contributed by atoms with Gasteiger partial charge in [0.2, 0.25) is 0 Å². The monoisotopic (exact) mass is 371 g/mol. The third kappa shape index (κ3) is 3.58. The zero-order valence-corrected chi connectivity index (χ0v) is 15.4. The van der Waals surface area contributed by atoms with Crippen molar-refractivity contribution < 1.29 is 0 Å². The van der Waals surface area contributed by atoms with Crippen LogP contribution in [-0.4, -0.2) is 35.6 Å². The van der Waals surface area contributed by atoms with Crippen LogP contribution in [0.5, 0.6) is 0 Å². The average Bonchev–Trinajstić information content (AvgIpc) is 3.33. The van der Waals surface area contributed by atoms with Gasteiger partial charge in [0.1, 0.15) is 12.7 Å². The average molecular weight is 371 g/mol. The molecule has 1 N–H and O–H groups in total. The number of rotatable bonds is 5. The summed E-state index contributed by atoms with van der Waals surface area (Å²) in [5.74, 6) is 0.614. The molecule has 0 unspecified atom stereocenters. The highest BCUT2D eigenvalue weighted by Gasteiger charge is 2.24. The second-order valence-electron chi connectivity index (χ2n) is 6.56. The Morgan fingerprint density at radius 3 is 2.81 bits per heavy atom. The molecule has 0 saturated heterocycles. The second kappa shape index (κ2) is 7.46. The molecular weight excluding hydrogens is 350 g/mol. The first-order valence-electron chi connectivity index (χ1n) is 8.78. The van der Waals surface area contributed by atoms with E-state index in [1.165, 1.54) is 11.2 Å². The SMILES string of the molecule is Cc1ncsc1CNC1CCC(n2nc(-n3cncn3)ccc2=O)CC1. The van der Waals surface area contributed by atoms with E-state index in [0.717, 1.165) is 37.9 Å². The minimum Gasteiger partial charge on any atom is -0.309 e. The van der Waals surface area contributed by atoms with Crippen LogP contribution in [0.3, 0.4) is 0 Å². The van der Waals surface area contributed by atoms with Gasteiger partial charge >= 0.3 is 0 Å². The Labute approximate surface area is 154 Å². The number of hydrogen-bond donors (Lipinski definition) is 1. The molecule has 0 spiro atoms. The van der Waals surface area contributed by atoms with E-state index in [2.05, 4.69) is 25.5 Å². The standard InChI is InChI=1S/C17H21N7OS/c1-12-15(26-11-20-12)8-19-13-2-4-14(5-3-13)24-17(25)7-6-16(22-24)23-10-18-9-21-23/h6-7,9-11,13-14,19H,2-5,8H2,1H3. The Balaban J connectivity index is 1.39. The predicted octanol–water partition coefficient (Wildman–Crippen LogP) is 1.86. The molecule has 0 radical (unpaired) electrons. The highest BCUT2D eigenvalue weighted by molar-refractivity contribution is 7.09. The van der Waals surface area contributed by atoms with Gasteiger partial charge in [-0.05, 0) is 38.7 Å². The van der Waals surface area contributed by atoms with Crippen molar-refractivity contribution in [1.82, 2.24) is 34.8 Å². The van der Waals surface area contributed by atoms with Gasteiger partial charge in [-0.2, -0.15) is 5.10 Å². The van der Waals surface area contributed by atoms with Gasteiger partial charge in [-0.15, -0.1) is 16.4 Å². The third-order valence-corrected chi connectivity index (χ3v) is 5.84. The summed E-state index contributed by atoms with van der Waals surface area (Å²) in [6.07, 6.45) is 6.98. The predicted molar refractivity (Wildman–Crippen MR) is 98.4 cm³/mol. The van der Waals surface area contributed by atoms with Gasteiger partial charge in [0.15, 0.2) is 5.82 Å². The maximum absolute atomic E-state index is 12.3. The van der Waals surface area contributed by atoms with E-state index in [1.807, 2.05) is 12.4 Å². The lowest BCUT2D eigenvalue weighted by Gasteiger charge is -2.29. The molecule has 4 rings (SSSR count). The number of nitrogens with zero attached hydrogens (tertiary/aromatic N) is 6. The molecule has 9 heteroatoms. The van der Waals surface area contributed by atoms with Gasteiger partial charge in [-0.1, -0.05) is 0 Å². The molecule has 0 bridgehead atoms. The summed E-state index contributed by atoms with van der Waals surface area (Å²) in [5.41, 5.74) is 2.94. The smallest absolute Gasteiger partial charge is 0.267 e. The number of thiazole rings is 1. The highest BCUT2D eigenvalue weighted by atomic mass is 32.1. The minimum atomic E-state index is -0.0643. The fraction of sp³-hybridized carbons (Fsp3) is 0.471. The Morgan fingerprint density at radius 2 is 2.12 bits per heavy atom. The van der Waals surface area contributed by atoms with Crippen molar-refractivity contribution >= 4 is 11.3 Å². The maximum Gasteiger partial charge on any atom is 0.267 e. The molecule has 0 amide bonds. The van der Waals surface area contributed by atoms with Crippen LogP contribution in [0.25, 0.3) is 5.82 Å². The lowest BCUT2D eigenvalue weighted by molar-refractivity contribution is 0.268. The first-order valence-corrected chi connectivity index (χ1v) is 9.66. The highest BCUT2D eigenvalue weighted by Crippen LogP contribution is 2.27. The number of aromatic nitrogens is 6. The molecule has 1 fully saturated rings. The Morgan fingerprint density at radius 1 is 1.27 bits per heavy atom. The van der Waals surface area contributed by atoms with Crippen LogP contribution >= 0.6 is 11.3 Å². The summed E-state index contributed by atoms with van der Waals surface area (Å²) >= 11 is 1.70. The van der Waals surface area contributed by atoms with Gasteiger partial charge in [0, 0.05) is 23.5 Å². The van der Waals surface area contributed by atoms with Gasteiger partial charge in [0.05, 0.1) is 17.2 Å². The molecular formula is C17H21N7OS. The van der Waals surface area contributed by atoms with Crippen molar-refractivity contribution in [2.75, 3.05) is 0 Å². The minimum absolute atomic E-state index is 0.0643. The summed E-state index contributed by atoms with van der Waals surface area (Å²) in [5, 5.41) is 12.2. The molecule has 8 nitrogen and oxygen atoms in total. The van der Waals surface area contributed by atoms with Gasteiger partial charge in [-0.25, -0.2) is 19.3 Å². The van der Waals surface area contributed by atoms with E-state index in [1.54, 1.807) is 39.2 Å². The Bertz CT molecular complexity index is 909. The molecule has 1 aliphatic carbocycles. The molecule has 26 heavy (non-hydrogen) atoms. The zero-order valence-electron chi connectivity index (χ0n) is 14.6. The summed E-state index contributed by atoms with van der Waals surface area (Å²) in [4.78, 5) is 21.8. The number of hydrogen-bond acceptors (Lipinski definition) is 7. The van der Waals surface area contributed by atoms with Crippen molar-refractivity contribution in [3.8, 4) is 5.82 Å². The van der Waals surface area contributed by atoms with Crippen LogP contribution < -0.4 is 10.9 Å². The second-order valence-corrected chi connectivity index (χ2v) is 7.50. The van der Waals surface area contributed by atoms with E-state index in [0.29, 0.717) is 11.9 Å². The lowest BCUT2D eigenvalue weighted by Crippen LogP contribution is -2.36. The van der Waals surface area contributed by atoms with Gasteiger partial charge in [-0.3, -0.25) is 4.79 Å². The van der Waals surface area contributed by atoms with Crippen LogP contribution in [0.2, 0.25) is 0 Å². The molecule has 1 saturated carbocycles. The molecule has 136 valence electrons. The fourth-order valence-corrected chi connectivity index (χ4v) is 4.11.